The summed E-state index contributed by atoms with van der Waals surface area (Å²) in [6.07, 6.45) is 0. The molecule has 0 aromatic heterocycles. The van der Waals surface area contributed by atoms with Crippen molar-refractivity contribution < 1.29 is 32.4 Å². The zero-order valence-electron chi connectivity index (χ0n) is 26.7. The third-order valence-electron chi connectivity index (χ3n) is 8.36. The van der Waals surface area contributed by atoms with E-state index in [4.69, 9.17) is 0 Å². The largest absolute Gasteiger partial charge is 0.289 e. The first-order valence-electron chi connectivity index (χ1n) is 15.0. The highest BCUT2D eigenvalue weighted by Crippen LogP contribution is 2.34. The van der Waals surface area contributed by atoms with E-state index in [0.29, 0.717) is 0 Å². The molecule has 2 aliphatic heterocycles. The molecule has 0 saturated heterocycles. The van der Waals surface area contributed by atoms with Gasteiger partial charge in [0, 0.05) is 16.7 Å². The molecule has 0 unspecified atom stereocenters. The number of ketones is 1. The first-order valence-corrected chi connectivity index (χ1v) is 16.5. The van der Waals surface area contributed by atoms with Gasteiger partial charge in [0.05, 0.1) is 37.7 Å². The van der Waals surface area contributed by atoms with Gasteiger partial charge in [-0.05, 0) is 86.3 Å². The first-order chi connectivity index (χ1) is 21.9. The summed E-state index contributed by atoms with van der Waals surface area (Å²) in [4.78, 5) is 68.6. The van der Waals surface area contributed by atoms with Crippen molar-refractivity contribution in [2.75, 3.05) is 4.90 Å². The Labute approximate surface area is 272 Å². The minimum Gasteiger partial charge on any atom is -0.289 e. The fourth-order valence-electron chi connectivity index (χ4n) is 5.83. The number of carbonyl (C=O) groups is 5. The number of carbonyl (C=O) groups excluding carboxylic acids is 5. The number of nitrogens with zero attached hydrogens (tertiary/aromatic N) is 2. The molecule has 0 N–H and O–H groups in total. The molecule has 0 atom stereocenters. The number of hydrogen-bond donors (Lipinski definition) is 0. The number of imide groups is 2. The lowest BCUT2D eigenvalue weighted by Gasteiger charge is -2.29. The van der Waals surface area contributed by atoms with E-state index in [2.05, 4.69) is 0 Å². The zero-order chi connectivity index (χ0) is 34.2. The molecule has 10 heteroatoms. The maximum atomic E-state index is 13.6. The van der Waals surface area contributed by atoms with E-state index in [1.807, 2.05) is 26.8 Å². The van der Waals surface area contributed by atoms with Crippen LogP contribution in [0, 0.1) is 0 Å². The van der Waals surface area contributed by atoms with Crippen LogP contribution in [0.15, 0.2) is 94.7 Å². The Morgan fingerprint density at radius 3 is 1.64 bits per heavy atom. The second kappa shape index (κ2) is 10.7. The van der Waals surface area contributed by atoms with Crippen LogP contribution in [0.2, 0.25) is 0 Å². The second-order valence-corrected chi connectivity index (χ2v) is 15.6. The van der Waals surface area contributed by atoms with Gasteiger partial charge in [0.25, 0.3) is 23.6 Å². The monoisotopic (exact) mass is 648 g/mol. The molecular formula is C37H32N2O7S. The number of sulfone groups is 1. The van der Waals surface area contributed by atoms with Gasteiger partial charge in [0.15, 0.2) is 5.78 Å². The third-order valence-corrected chi connectivity index (χ3v) is 10.1. The van der Waals surface area contributed by atoms with E-state index in [0.717, 1.165) is 15.4 Å². The van der Waals surface area contributed by atoms with Crippen LogP contribution in [0.4, 0.5) is 5.69 Å². The van der Waals surface area contributed by atoms with Crippen molar-refractivity contribution in [1.29, 1.82) is 0 Å². The molecule has 9 nitrogen and oxygen atoms in total. The number of anilines is 1. The van der Waals surface area contributed by atoms with Crippen LogP contribution in [0.3, 0.4) is 0 Å². The molecule has 0 fully saturated rings. The molecule has 6 rings (SSSR count). The Bertz CT molecular complexity index is 2190. The van der Waals surface area contributed by atoms with Crippen LogP contribution in [-0.4, -0.2) is 48.3 Å². The molecule has 2 heterocycles. The molecule has 2 aliphatic rings. The summed E-state index contributed by atoms with van der Waals surface area (Å²) in [5, 5.41) is 0. The van der Waals surface area contributed by atoms with Gasteiger partial charge in [-0.2, -0.15) is 0 Å². The van der Waals surface area contributed by atoms with Gasteiger partial charge in [-0.25, -0.2) is 13.3 Å². The molecule has 4 aromatic carbocycles. The van der Waals surface area contributed by atoms with Crippen LogP contribution < -0.4 is 4.90 Å². The van der Waals surface area contributed by atoms with Crippen molar-refractivity contribution in [1.82, 2.24) is 4.90 Å². The number of amides is 4. The fourth-order valence-corrected chi connectivity index (χ4v) is 7.18. The van der Waals surface area contributed by atoms with E-state index in [1.54, 1.807) is 32.9 Å². The quantitative estimate of drug-likeness (QED) is 0.185. The van der Waals surface area contributed by atoms with Crippen molar-refractivity contribution in [3.63, 3.8) is 0 Å². The van der Waals surface area contributed by atoms with Crippen LogP contribution in [0.1, 0.15) is 104 Å². The van der Waals surface area contributed by atoms with E-state index in [-0.39, 0.29) is 54.3 Å². The highest BCUT2D eigenvalue weighted by molar-refractivity contribution is 7.91. The van der Waals surface area contributed by atoms with Crippen molar-refractivity contribution in [2.45, 2.75) is 62.3 Å². The molecule has 4 amide bonds. The van der Waals surface area contributed by atoms with Crippen LogP contribution >= 0.6 is 0 Å². The van der Waals surface area contributed by atoms with E-state index < -0.39 is 44.8 Å². The molecule has 47 heavy (non-hydrogen) atoms. The Kier molecular flexibility index (Phi) is 7.21. The van der Waals surface area contributed by atoms with E-state index in [9.17, 15) is 32.4 Å². The predicted molar refractivity (Wildman–Crippen MR) is 175 cm³/mol. The smallest absolute Gasteiger partial charge is 0.266 e. The SMILES string of the molecule is CC(C)(C)c1cccc(S(=O)(=O)c2cccc(N3C(=O)c4ccc(C(=O)c5ccc6c(c5)C(=O)N(C(C)(C)C)C6=O)cc4C3=O)c2)c1. The minimum atomic E-state index is -3.99. The second-order valence-electron chi connectivity index (χ2n) is 13.7. The summed E-state index contributed by atoms with van der Waals surface area (Å²) in [7, 11) is -3.99. The Balaban J connectivity index is 1.30. The van der Waals surface area contributed by atoms with Gasteiger partial charge in [-0.1, -0.05) is 51.1 Å². The van der Waals surface area contributed by atoms with E-state index in [1.165, 1.54) is 66.7 Å². The van der Waals surface area contributed by atoms with Gasteiger partial charge >= 0.3 is 0 Å². The predicted octanol–water partition coefficient (Wildman–Crippen LogP) is 6.24. The maximum Gasteiger partial charge on any atom is 0.266 e. The lowest BCUT2D eigenvalue weighted by Crippen LogP contribution is -2.45. The van der Waals surface area contributed by atoms with Crippen molar-refractivity contribution in [2.24, 2.45) is 0 Å². The lowest BCUT2D eigenvalue weighted by atomic mass is 9.87. The van der Waals surface area contributed by atoms with Crippen LogP contribution in [0.5, 0.6) is 0 Å². The van der Waals surface area contributed by atoms with Crippen molar-refractivity contribution in [3.05, 3.63) is 124 Å². The topological polar surface area (TPSA) is 126 Å². The summed E-state index contributed by atoms with van der Waals surface area (Å²) < 4.78 is 27.2. The van der Waals surface area contributed by atoms with Gasteiger partial charge in [-0.3, -0.25) is 28.9 Å². The molecule has 4 aromatic rings. The lowest BCUT2D eigenvalue weighted by molar-refractivity contribution is 0.0507. The number of benzene rings is 4. The minimum absolute atomic E-state index is 0.0155. The molecular weight excluding hydrogens is 616 g/mol. The first kappa shape index (κ1) is 31.7. The van der Waals surface area contributed by atoms with Crippen molar-refractivity contribution in [3.8, 4) is 0 Å². The Hall–Kier alpha value is -5.22. The average molecular weight is 649 g/mol. The molecule has 0 bridgehead atoms. The fraction of sp³-hybridized carbons (Fsp3) is 0.216. The standard InChI is InChI=1S/C37H32N2O7S/c1-36(2,3)23-9-7-11-25(19-23)47(45,46)26-12-8-10-24(20-26)38-32(41)27-15-13-21(17-29(27)33(38)42)31(40)22-14-16-28-30(18-22)35(44)39(34(28)43)37(4,5)6/h7-20H,1-6H3. The Morgan fingerprint density at radius 2 is 1.06 bits per heavy atom. The summed E-state index contributed by atoms with van der Waals surface area (Å²) >= 11 is 0. The summed E-state index contributed by atoms with van der Waals surface area (Å²) in [6.45, 7) is 11.2. The summed E-state index contributed by atoms with van der Waals surface area (Å²) in [5.41, 5.74) is 0.498. The van der Waals surface area contributed by atoms with Crippen LogP contribution in [0.25, 0.3) is 0 Å². The van der Waals surface area contributed by atoms with E-state index >= 15 is 0 Å². The van der Waals surface area contributed by atoms with Gasteiger partial charge in [0.2, 0.25) is 9.84 Å². The zero-order valence-corrected chi connectivity index (χ0v) is 27.6. The Morgan fingerprint density at radius 1 is 0.574 bits per heavy atom. The molecule has 0 spiro atoms. The number of rotatable bonds is 5. The summed E-state index contributed by atoms with van der Waals surface area (Å²) in [5.74, 6) is -2.80. The van der Waals surface area contributed by atoms with Gasteiger partial charge in [0.1, 0.15) is 0 Å². The maximum absolute atomic E-state index is 13.6. The number of hydrogen-bond acceptors (Lipinski definition) is 7. The summed E-state index contributed by atoms with van der Waals surface area (Å²) in [6, 6.07) is 20.7. The molecule has 0 saturated carbocycles. The van der Waals surface area contributed by atoms with Crippen LogP contribution in [-0.2, 0) is 15.3 Å². The third kappa shape index (κ3) is 5.18. The van der Waals surface area contributed by atoms with Crippen molar-refractivity contribution >= 4 is 44.9 Å². The molecule has 0 radical (unpaired) electrons. The molecule has 0 aliphatic carbocycles. The van der Waals surface area contributed by atoms with Gasteiger partial charge < -0.3 is 0 Å². The number of fused-ring (bicyclic) bond motifs is 2. The highest BCUT2D eigenvalue weighted by atomic mass is 32.2. The highest BCUT2D eigenvalue weighted by Gasteiger charge is 2.42. The molecule has 238 valence electrons. The normalized spacial score (nSPS) is 14.9. The average Bonchev–Trinajstić information content (AvgIpc) is 3.43. The van der Waals surface area contributed by atoms with Gasteiger partial charge in [-0.15, -0.1) is 0 Å².